The van der Waals surface area contributed by atoms with Crippen LogP contribution in [0, 0.1) is 5.92 Å². The number of aliphatic hydroxyl groups is 1. The lowest BCUT2D eigenvalue weighted by molar-refractivity contribution is 0.0869. The predicted molar refractivity (Wildman–Crippen MR) is 40.1 cm³/mol. The molecule has 1 nitrogen and oxygen atoms in total. The van der Waals surface area contributed by atoms with Crippen molar-refractivity contribution >= 4 is 0 Å². The first-order valence-corrected chi connectivity index (χ1v) is 3.59. The van der Waals surface area contributed by atoms with Crippen LogP contribution in [0.25, 0.3) is 0 Å². The molecule has 0 aliphatic rings. The van der Waals surface area contributed by atoms with Crippen molar-refractivity contribution in [3.8, 4) is 0 Å². The average molecular weight is 129 g/mol. The molecule has 1 radical (unpaired) electrons. The molecule has 55 valence electrons. The zero-order valence-corrected chi connectivity index (χ0v) is 6.86. The van der Waals surface area contributed by atoms with Gasteiger partial charge in [0, 0.05) is 5.92 Å². The highest BCUT2D eigenvalue weighted by Gasteiger charge is 2.23. The maximum atomic E-state index is 9.44. The van der Waals surface area contributed by atoms with Gasteiger partial charge in [-0.05, 0) is 26.7 Å². The maximum absolute atomic E-state index is 9.44. The van der Waals surface area contributed by atoms with Gasteiger partial charge in [-0.15, -0.1) is 0 Å². The zero-order chi connectivity index (χ0) is 7.49. The number of rotatable bonds is 3. The fraction of sp³-hybridized carbons (Fsp3) is 0.875. The van der Waals surface area contributed by atoms with E-state index < -0.39 is 5.60 Å². The summed E-state index contributed by atoms with van der Waals surface area (Å²) < 4.78 is 0. The second-order valence-electron chi connectivity index (χ2n) is 2.87. The topological polar surface area (TPSA) is 20.2 Å². The second-order valence-corrected chi connectivity index (χ2v) is 2.87. The molecule has 0 aliphatic carbocycles. The molecule has 0 aliphatic heterocycles. The first-order chi connectivity index (χ1) is 4.02. The van der Waals surface area contributed by atoms with Crippen LogP contribution in [0.1, 0.15) is 40.5 Å². The molecule has 0 bridgehead atoms. The van der Waals surface area contributed by atoms with E-state index in [4.69, 9.17) is 0 Å². The molecule has 1 heteroatoms. The highest BCUT2D eigenvalue weighted by Crippen LogP contribution is 2.24. The molecule has 0 rings (SSSR count). The summed E-state index contributed by atoms with van der Waals surface area (Å²) in [6, 6.07) is 0. The van der Waals surface area contributed by atoms with E-state index in [-0.39, 0.29) is 0 Å². The van der Waals surface area contributed by atoms with Crippen LogP contribution in [-0.2, 0) is 0 Å². The minimum absolute atomic E-state index is 0.566. The Morgan fingerprint density at radius 2 is 1.56 bits per heavy atom. The summed E-state index contributed by atoms with van der Waals surface area (Å²) in [6.45, 7) is 7.85. The van der Waals surface area contributed by atoms with Crippen LogP contribution >= 0.6 is 0 Å². The molecule has 0 fully saturated rings. The van der Waals surface area contributed by atoms with Gasteiger partial charge in [0.2, 0.25) is 0 Å². The molecular formula is C8H17O. The summed E-state index contributed by atoms with van der Waals surface area (Å²) in [4.78, 5) is 0. The number of hydrogen-bond acceptors (Lipinski definition) is 1. The van der Waals surface area contributed by atoms with Crippen LogP contribution in [0.4, 0.5) is 0 Å². The van der Waals surface area contributed by atoms with E-state index in [9.17, 15) is 5.11 Å². The first kappa shape index (κ1) is 8.96. The monoisotopic (exact) mass is 129 g/mol. The van der Waals surface area contributed by atoms with Gasteiger partial charge in [-0.1, -0.05) is 13.8 Å². The number of hydrogen-bond donors (Lipinski definition) is 1. The Labute approximate surface area is 58.1 Å². The van der Waals surface area contributed by atoms with Crippen molar-refractivity contribution in [3.63, 3.8) is 0 Å². The Balaban J connectivity index is 3.79. The fourth-order valence-corrected chi connectivity index (χ4v) is 1.12. The SMILES string of the molecule is CC[C](CC)C(C)(C)O. The third-order valence-corrected chi connectivity index (χ3v) is 1.72. The highest BCUT2D eigenvalue weighted by molar-refractivity contribution is 5.01. The van der Waals surface area contributed by atoms with Gasteiger partial charge < -0.3 is 5.11 Å². The zero-order valence-electron chi connectivity index (χ0n) is 6.86. The van der Waals surface area contributed by atoms with E-state index in [1.807, 2.05) is 13.8 Å². The minimum Gasteiger partial charge on any atom is -0.390 e. The molecule has 1 N–H and O–H groups in total. The molecule has 9 heavy (non-hydrogen) atoms. The van der Waals surface area contributed by atoms with Crippen molar-refractivity contribution in [2.75, 3.05) is 0 Å². The Bertz CT molecular complexity index is 67.1. The van der Waals surface area contributed by atoms with Gasteiger partial charge in [0.1, 0.15) is 0 Å². The minimum atomic E-state index is -0.566. The van der Waals surface area contributed by atoms with Gasteiger partial charge in [-0.2, -0.15) is 0 Å². The van der Waals surface area contributed by atoms with Crippen molar-refractivity contribution in [2.45, 2.75) is 46.1 Å². The normalized spacial score (nSPS) is 12.7. The van der Waals surface area contributed by atoms with Gasteiger partial charge in [0.15, 0.2) is 0 Å². The lowest BCUT2D eigenvalue weighted by Crippen LogP contribution is -2.27. The molecule has 0 aromatic carbocycles. The molecule has 0 amide bonds. The van der Waals surface area contributed by atoms with Gasteiger partial charge in [-0.25, -0.2) is 0 Å². The molecule has 0 aromatic heterocycles. The largest absolute Gasteiger partial charge is 0.390 e. The summed E-state index contributed by atoms with van der Waals surface area (Å²) in [5.41, 5.74) is -0.566. The van der Waals surface area contributed by atoms with Crippen LogP contribution in [-0.4, -0.2) is 10.7 Å². The van der Waals surface area contributed by atoms with Gasteiger partial charge in [0.25, 0.3) is 0 Å². The molecule has 0 spiro atoms. The van der Waals surface area contributed by atoms with Crippen molar-refractivity contribution in [3.05, 3.63) is 5.92 Å². The lowest BCUT2D eigenvalue weighted by Gasteiger charge is -2.26. The quantitative estimate of drug-likeness (QED) is 0.619. The van der Waals surface area contributed by atoms with Crippen LogP contribution in [0.15, 0.2) is 0 Å². The van der Waals surface area contributed by atoms with Crippen LogP contribution in [0.2, 0.25) is 0 Å². The Kier molecular flexibility index (Phi) is 3.20. The van der Waals surface area contributed by atoms with Crippen molar-refractivity contribution in [1.29, 1.82) is 0 Å². The van der Waals surface area contributed by atoms with Crippen LogP contribution in [0.5, 0.6) is 0 Å². The molecule has 0 aromatic rings. The van der Waals surface area contributed by atoms with Gasteiger partial charge in [0.05, 0.1) is 5.60 Å². The highest BCUT2D eigenvalue weighted by atomic mass is 16.3. The molecular weight excluding hydrogens is 112 g/mol. The third-order valence-electron chi connectivity index (χ3n) is 1.72. The van der Waals surface area contributed by atoms with Crippen molar-refractivity contribution < 1.29 is 5.11 Å². The first-order valence-electron chi connectivity index (χ1n) is 3.59. The standard InChI is InChI=1S/C8H17O/c1-5-7(6-2)8(3,4)9/h9H,5-6H2,1-4H3. The van der Waals surface area contributed by atoms with E-state index in [2.05, 4.69) is 13.8 Å². The molecule has 0 unspecified atom stereocenters. The Morgan fingerprint density at radius 1 is 1.22 bits per heavy atom. The van der Waals surface area contributed by atoms with Crippen LogP contribution in [0.3, 0.4) is 0 Å². The summed E-state index contributed by atoms with van der Waals surface area (Å²) >= 11 is 0. The summed E-state index contributed by atoms with van der Waals surface area (Å²) in [5.74, 6) is 1.22. The van der Waals surface area contributed by atoms with E-state index in [0.29, 0.717) is 0 Å². The molecule has 0 saturated carbocycles. The van der Waals surface area contributed by atoms with Crippen molar-refractivity contribution in [1.82, 2.24) is 0 Å². The summed E-state index contributed by atoms with van der Waals surface area (Å²) in [6.07, 6.45) is 1.97. The van der Waals surface area contributed by atoms with E-state index in [1.54, 1.807) is 0 Å². The maximum Gasteiger partial charge on any atom is 0.0653 e. The van der Waals surface area contributed by atoms with E-state index in [1.165, 1.54) is 5.92 Å². The van der Waals surface area contributed by atoms with Gasteiger partial charge in [-0.3, -0.25) is 0 Å². The lowest BCUT2D eigenvalue weighted by atomic mass is 9.87. The van der Waals surface area contributed by atoms with Crippen molar-refractivity contribution in [2.24, 2.45) is 0 Å². The van der Waals surface area contributed by atoms with E-state index >= 15 is 0 Å². The Hall–Kier alpha value is -0.0400. The second kappa shape index (κ2) is 3.21. The van der Waals surface area contributed by atoms with Gasteiger partial charge >= 0.3 is 0 Å². The smallest absolute Gasteiger partial charge is 0.0653 e. The molecule has 0 saturated heterocycles. The van der Waals surface area contributed by atoms with Crippen LogP contribution < -0.4 is 0 Å². The summed E-state index contributed by atoms with van der Waals surface area (Å²) in [7, 11) is 0. The van der Waals surface area contributed by atoms with E-state index in [0.717, 1.165) is 12.8 Å². The average Bonchev–Trinajstić information content (AvgIpc) is 1.65. The molecule has 0 heterocycles. The summed E-state index contributed by atoms with van der Waals surface area (Å²) in [5, 5.41) is 9.44. The Morgan fingerprint density at radius 3 is 1.56 bits per heavy atom. The fourth-order valence-electron chi connectivity index (χ4n) is 1.12. The predicted octanol–water partition coefficient (Wildman–Crippen LogP) is 2.15. The molecule has 0 atom stereocenters. The third kappa shape index (κ3) is 2.85.